The second-order valence-electron chi connectivity index (χ2n) is 4.23. The summed E-state index contributed by atoms with van der Waals surface area (Å²) < 4.78 is 4.95. The van der Waals surface area contributed by atoms with Crippen molar-refractivity contribution in [1.82, 2.24) is 10.3 Å². The first kappa shape index (κ1) is 11.7. The fourth-order valence-electron chi connectivity index (χ4n) is 2.03. The smallest absolute Gasteiger partial charge is 0.404 e. The molecule has 92 valence electrons. The van der Waals surface area contributed by atoms with Crippen LogP contribution in [0, 0.1) is 0 Å². The predicted octanol–water partition coefficient (Wildman–Crippen LogP) is 1.80. The normalized spacial score (nSPS) is 16.5. The molecule has 0 atom stereocenters. The van der Waals surface area contributed by atoms with Crippen LogP contribution in [0.4, 0.5) is 4.79 Å². The number of carbonyl (C=O) groups is 1. The SMILES string of the molecule is O=C(NC1CCCCC1)Oc1ccc[nH]c1=O. The third-order valence-electron chi connectivity index (χ3n) is 2.91. The van der Waals surface area contributed by atoms with Gasteiger partial charge in [-0.05, 0) is 25.0 Å². The highest BCUT2D eigenvalue weighted by Gasteiger charge is 2.17. The van der Waals surface area contributed by atoms with E-state index in [0.717, 1.165) is 25.7 Å². The maximum atomic E-state index is 11.5. The number of hydrogen-bond donors (Lipinski definition) is 2. The maximum Gasteiger partial charge on any atom is 0.413 e. The summed E-state index contributed by atoms with van der Waals surface area (Å²) in [5.74, 6) is 0.0285. The van der Waals surface area contributed by atoms with E-state index >= 15 is 0 Å². The quantitative estimate of drug-likeness (QED) is 0.822. The van der Waals surface area contributed by atoms with Gasteiger partial charge in [-0.15, -0.1) is 0 Å². The lowest BCUT2D eigenvalue weighted by molar-refractivity contribution is 0.191. The summed E-state index contributed by atoms with van der Waals surface area (Å²) in [7, 11) is 0. The van der Waals surface area contributed by atoms with Crippen molar-refractivity contribution in [2.75, 3.05) is 0 Å². The molecule has 0 spiro atoms. The number of carbonyl (C=O) groups excluding carboxylic acids is 1. The number of rotatable bonds is 2. The zero-order chi connectivity index (χ0) is 12.1. The molecule has 1 aromatic rings. The minimum absolute atomic E-state index is 0.0285. The molecule has 5 nitrogen and oxygen atoms in total. The number of hydrogen-bond acceptors (Lipinski definition) is 3. The first-order valence-electron chi connectivity index (χ1n) is 5.92. The summed E-state index contributed by atoms with van der Waals surface area (Å²) in [6.45, 7) is 0. The van der Waals surface area contributed by atoms with Crippen LogP contribution in [0.25, 0.3) is 0 Å². The Bertz CT molecular complexity index is 435. The molecule has 5 heteroatoms. The van der Waals surface area contributed by atoms with Crippen LogP contribution in [0.2, 0.25) is 0 Å². The Balaban J connectivity index is 1.89. The van der Waals surface area contributed by atoms with Crippen LogP contribution in [0.3, 0.4) is 0 Å². The van der Waals surface area contributed by atoms with Gasteiger partial charge < -0.3 is 15.0 Å². The third-order valence-corrected chi connectivity index (χ3v) is 2.91. The molecular weight excluding hydrogens is 220 g/mol. The number of nitrogens with one attached hydrogen (secondary N) is 2. The van der Waals surface area contributed by atoms with E-state index in [1.807, 2.05) is 0 Å². The monoisotopic (exact) mass is 236 g/mol. The number of aromatic nitrogens is 1. The van der Waals surface area contributed by atoms with Crippen molar-refractivity contribution in [2.45, 2.75) is 38.1 Å². The molecule has 2 rings (SSSR count). The van der Waals surface area contributed by atoms with E-state index in [-0.39, 0.29) is 11.8 Å². The van der Waals surface area contributed by atoms with Gasteiger partial charge in [-0.2, -0.15) is 0 Å². The van der Waals surface area contributed by atoms with Gasteiger partial charge in [0.25, 0.3) is 5.56 Å². The summed E-state index contributed by atoms with van der Waals surface area (Å²) in [4.78, 5) is 25.3. The van der Waals surface area contributed by atoms with Crippen molar-refractivity contribution in [3.05, 3.63) is 28.7 Å². The van der Waals surface area contributed by atoms with Crippen LogP contribution in [0.15, 0.2) is 23.1 Å². The van der Waals surface area contributed by atoms with E-state index in [1.54, 1.807) is 6.07 Å². The summed E-state index contributed by atoms with van der Waals surface area (Å²) >= 11 is 0. The van der Waals surface area contributed by atoms with E-state index in [2.05, 4.69) is 10.3 Å². The van der Waals surface area contributed by atoms with Gasteiger partial charge >= 0.3 is 6.09 Å². The molecule has 1 heterocycles. The lowest BCUT2D eigenvalue weighted by Gasteiger charge is -2.22. The summed E-state index contributed by atoms with van der Waals surface area (Å²) in [5, 5.41) is 2.78. The van der Waals surface area contributed by atoms with Crippen molar-refractivity contribution in [1.29, 1.82) is 0 Å². The lowest BCUT2D eigenvalue weighted by Crippen LogP contribution is -2.38. The highest BCUT2D eigenvalue weighted by atomic mass is 16.6. The Hall–Kier alpha value is -1.78. The molecule has 2 N–H and O–H groups in total. The van der Waals surface area contributed by atoms with E-state index in [4.69, 9.17) is 4.74 Å². The van der Waals surface area contributed by atoms with E-state index in [0.29, 0.717) is 0 Å². The molecule has 1 saturated carbocycles. The van der Waals surface area contributed by atoms with Gasteiger partial charge in [-0.25, -0.2) is 4.79 Å². The molecule has 1 aliphatic carbocycles. The number of H-pyrrole nitrogens is 1. The van der Waals surface area contributed by atoms with Crippen molar-refractivity contribution >= 4 is 6.09 Å². The summed E-state index contributed by atoms with van der Waals surface area (Å²) in [6, 6.07) is 3.27. The minimum atomic E-state index is -0.548. The van der Waals surface area contributed by atoms with Crippen LogP contribution >= 0.6 is 0 Å². The predicted molar refractivity (Wildman–Crippen MR) is 63.1 cm³/mol. The van der Waals surface area contributed by atoms with Crippen LogP contribution in [0.5, 0.6) is 5.75 Å². The Labute approximate surface area is 99.2 Å². The Morgan fingerprint density at radius 2 is 2.12 bits per heavy atom. The molecule has 1 amide bonds. The van der Waals surface area contributed by atoms with Gasteiger partial charge in [0.1, 0.15) is 0 Å². The lowest BCUT2D eigenvalue weighted by atomic mass is 9.96. The number of ether oxygens (including phenoxy) is 1. The second-order valence-corrected chi connectivity index (χ2v) is 4.23. The fraction of sp³-hybridized carbons (Fsp3) is 0.500. The van der Waals surface area contributed by atoms with Crippen LogP contribution in [-0.4, -0.2) is 17.1 Å². The van der Waals surface area contributed by atoms with Crippen LogP contribution in [-0.2, 0) is 0 Å². The van der Waals surface area contributed by atoms with Gasteiger partial charge in [-0.3, -0.25) is 4.79 Å². The van der Waals surface area contributed by atoms with Crippen molar-refractivity contribution in [2.24, 2.45) is 0 Å². The van der Waals surface area contributed by atoms with Gasteiger partial charge in [0.05, 0.1) is 0 Å². The molecule has 1 aliphatic rings. The number of amides is 1. The van der Waals surface area contributed by atoms with Gasteiger partial charge in [0.15, 0.2) is 5.75 Å². The maximum absolute atomic E-state index is 11.5. The minimum Gasteiger partial charge on any atom is -0.404 e. The summed E-state index contributed by atoms with van der Waals surface area (Å²) in [5.41, 5.74) is -0.397. The average Bonchev–Trinajstić information content (AvgIpc) is 2.33. The van der Waals surface area contributed by atoms with Crippen molar-refractivity contribution < 1.29 is 9.53 Å². The molecule has 17 heavy (non-hydrogen) atoms. The topological polar surface area (TPSA) is 71.2 Å². The van der Waals surface area contributed by atoms with Crippen LogP contribution in [0.1, 0.15) is 32.1 Å². The first-order valence-corrected chi connectivity index (χ1v) is 5.92. The molecule has 0 radical (unpaired) electrons. The largest absolute Gasteiger partial charge is 0.413 e. The number of aromatic amines is 1. The van der Waals surface area contributed by atoms with E-state index in [9.17, 15) is 9.59 Å². The third kappa shape index (κ3) is 3.34. The molecule has 0 bridgehead atoms. The van der Waals surface area contributed by atoms with Crippen LogP contribution < -0.4 is 15.6 Å². The molecule has 0 saturated heterocycles. The second kappa shape index (κ2) is 5.52. The summed E-state index contributed by atoms with van der Waals surface area (Å²) in [6.07, 6.45) is 6.42. The fourth-order valence-corrected chi connectivity index (χ4v) is 2.03. The zero-order valence-electron chi connectivity index (χ0n) is 9.57. The van der Waals surface area contributed by atoms with E-state index in [1.165, 1.54) is 18.7 Å². The molecule has 0 aromatic carbocycles. The highest BCUT2D eigenvalue weighted by Crippen LogP contribution is 2.17. The Morgan fingerprint density at radius 1 is 1.35 bits per heavy atom. The average molecular weight is 236 g/mol. The molecule has 0 aliphatic heterocycles. The van der Waals surface area contributed by atoms with Crippen molar-refractivity contribution in [3.8, 4) is 5.75 Å². The highest BCUT2D eigenvalue weighted by molar-refractivity contribution is 5.70. The zero-order valence-corrected chi connectivity index (χ0v) is 9.57. The van der Waals surface area contributed by atoms with Gasteiger partial charge in [0.2, 0.25) is 0 Å². The molecule has 0 unspecified atom stereocenters. The van der Waals surface area contributed by atoms with E-state index < -0.39 is 11.7 Å². The number of pyridine rings is 1. The molecule has 1 fully saturated rings. The van der Waals surface area contributed by atoms with Crippen molar-refractivity contribution in [3.63, 3.8) is 0 Å². The Kier molecular flexibility index (Phi) is 3.80. The molecule has 1 aromatic heterocycles. The standard InChI is InChI=1S/C12H16N2O3/c15-11-10(7-4-8-13-11)17-12(16)14-9-5-2-1-3-6-9/h4,7-9H,1-3,5-6H2,(H,13,15)(H,14,16). The first-order chi connectivity index (χ1) is 8.25. The van der Waals surface area contributed by atoms with Gasteiger partial charge in [-0.1, -0.05) is 19.3 Å². The molecular formula is C12H16N2O3. The Morgan fingerprint density at radius 3 is 2.82 bits per heavy atom. The van der Waals surface area contributed by atoms with Gasteiger partial charge in [0, 0.05) is 12.2 Å².